The molecule has 2 aromatic rings. The van der Waals surface area contributed by atoms with E-state index in [1.807, 2.05) is 60.7 Å². The van der Waals surface area contributed by atoms with E-state index in [-0.39, 0.29) is 11.8 Å². The van der Waals surface area contributed by atoms with Crippen LogP contribution >= 0.6 is 0 Å². The molecule has 1 aliphatic rings. The van der Waals surface area contributed by atoms with Gasteiger partial charge in [0.05, 0.1) is 11.8 Å². The summed E-state index contributed by atoms with van der Waals surface area (Å²) in [7, 11) is 0. The summed E-state index contributed by atoms with van der Waals surface area (Å²) >= 11 is 0. The van der Waals surface area contributed by atoms with Crippen LogP contribution in [0.4, 0.5) is 0 Å². The summed E-state index contributed by atoms with van der Waals surface area (Å²) in [5.41, 5.74) is 8.24. The summed E-state index contributed by atoms with van der Waals surface area (Å²) in [6, 6.07) is 20.1. The molecule has 3 rings (SSSR count). The van der Waals surface area contributed by atoms with Gasteiger partial charge >= 0.3 is 0 Å². The second kappa shape index (κ2) is 4.69. The molecule has 0 aliphatic carbocycles. The first-order valence-corrected chi connectivity index (χ1v) is 6.30. The van der Waals surface area contributed by atoms with E-state index >= 15 is 0 Å². The molecule has 0 amide bonds. The number of nitrogens with one attached hydrogen (secondary N) is 1. The molecule has 0 fully saturated rings. The number of nitrogens with zero attached hydrogens (tertiary/aromatic N) is 1. The number of aliphatic imine (C=N–C) groups is 1. The third kappa shape index (κ3) is 2.03. The fraction of sp³-hybridized carbons (Fsp3) is 0.125. The summed E-state index contributed by atoms with van der Waals surface area (Å²) in [6.07, 6.45) is 0. The standard InChI is InChI=1S/C16H15N3/c17-15-13(11-7-3-1-4-8-11)14(16(18)19-15)12-9-5-2-6-10-12/h1-10,13-14H,(H3,17,18,19). The van der Waals surface area contributed by atoms with Gasteiger partial charge in [-0.1, -0.05) is 60.7 Å². The Hall–Kier alpha value is -2.42. The number of benzene rings is 2. The molecule has 3 nitrogen and oxygen atoms in total. The Morgan fingerprint density at radius 2 is 1.26 bits per heavy atom. The molecule has 0 radical (unpaired) electrons. The SMILES string of the molecule is N=C1N=C(N)C(c2ccccc2)C1c1ccccc1. The minimum Gasteiger partial charge on any atom is -0.387 e. The third-order valence-electron chi connectivity index (χ3n) is 3.51. The van der Waals surface area contributed by atoms with E-state index in [4.69, 9.17) is 11.1 Å². The van der Waals surface area contributed by atoms with E-state index in [0.29, 0.717) is 11.7 Å². The second-order valence-corrected chi connectivity index (χ2v) is 4.70. The highest BCUT2D eigenvalue weighted by atomic mass is 15.0. The molecule has 1 aliphatic heterocycles. The van der Waals surface area contributed by atoms with Crippen molar-refractivity contribution >= 4 is 11.7 Å². The Morgan fingerprint density at radius 1 is 0.789 bits per heavy atom. The topological polar surface area (TPSA) is 62.2 Å². The molecule has 94 valence electrons. The fourth-order valence-electron chi connectivity index (χ4n) is 2.64. The van der Waals surface area contributed by atoms with Crippen molar-refractivity contribution in [2.24, 2.45) is 10.7 Å². The Morgan fingerprint density at radius 3 is 1.79 bits per heavy atom. The molecule has 2 aromatic carbocycles. The Balaban J connectivity index is 2.06. The highest BCUT2D eigenvalue weighted by molar-refractivity contribution is 6.09. The van der Waals surface area contributed by atoms with E-state index < -0.39 is 0 Å². The van der Waals surface area contributed by atoms with Gasteiger partial charge in [-0.05, 0) is 11.1 Å². The van der Waals surface area contributed by atoms with Crippen molar-refractivity contribution in [3.63, 3.8) is 0 Å². The number of hydrogen-bond acceptors (Lipinski definition) is 2. The Bertz CT molecular complexity index is 617. The largest absolute Gasteiger partial charge is 0.387 e. The van der Waals surface area contributed by atoms with E-state index in [1.54, 1.807) is 0 Å². The molecule has 19 heavy (non-hydrogen) atoms. The first kappa shape index (κ1) is 11.7. The molecular weight excluding hydrogens is 234 g/mol. The van der Waals surface area contributed by atoms with Crippen molar-refractivity contribution in [3.05, 3.63) is 71.8 Å². The van der Waals surface area contributed by atoms with Gasteiger partial charge in [-0.3, -0.25) is 5.41 Å². The molecule has 0 bridgehead atoms. The minimum absolute atomic E-state index is 0.0314. The van der Waals surface area contributed by atoms with Crippen LogP contribution in [0, 0.1) is 5.41 Å². The number of nitrogens with two attached hydrogens (primary N) is 1. The smallest absolute Gasteiger partial charge is 0.131 e. The molecule has 0 spiro atoms. The summed E-state index contributed by atoms with van der Waals surface area (Å²) in [5, 5.41) is 8.09. The lowest BCUT2D eigenvalue weighted by atomic mass is 9.82. The average Bonchev–Trinajstić information content (AvgIpc) is 2.75. The lowest BCUT2D eigenvalue weighted by molar-refractivity contribution is 0.821. The third-order valence-corrected chi connectivity index (χ3v) is 3.51. The van der Waals surface area contributed by atoms with Crippen LogP contribution in [0.15, 0.2) is 65.7 Å². The van der Waals surface area contributed by atoms with Gasteiger partial charge in [0.25, 0.3) is 0 Å². The van der Waals surface area contributed by atoms with Crippen LogP contribution in [0.1, 0.15) is 23.0 Å². The summed E-state index contributed by atoms with van der Waals surface area (Å²) < 4.78 is 0. The van der Waals surface area contributed by atoms with Crippen LogP contribution in [0.5, 0.6) is 0 Å². The van der Waals surface area contributed by atoms with Gasteiger partial charge in [0.2, 0.25) is 0 Å². The van der Waals surface area contributed by atoms with Crippen LogP contribution in [0.3, 0.4) is 0 Å². The first-order chi connectivity index (χ1) is 9.27. The number of hydrogen-bond donors (Lipinski definition) is 2. The van der Waals surface area contributed by atoms with Gasteiger partial charge < -0.3 is 5.73 Å². The van der Waals surface area contributed by atoms with E-state index in [2.05, 4.69) is 4.99 Å². The highest BCUT2D eigenvalue weighted by Crippen LogP contribution is 2.38. The van der Waals surface area contributed by atoms with Gasteiger partial charge in [0, 0.05) is 0 Å². The molecule has 0 saturated heterocycles. The van der Waals surface area contributed by atoms with Crippen molar-refractivity contribution in [3.8, 4) is 0 Å². The van der Waals surface area contributed by atoms with E-state index in [1.165, 1.54) is 0 Å². The van der Waals surface area contributed by atoms with Gasteiger partial charge in [-0.15, -0.1) is 0 Å². The predicted octanol–water partition coefficient (Wildman–Crippen LogP) is 2.90. The van der Waals surface area contributed by atoms with Gasteiger partial charge in [0.1, 0.15) is 11.7 Å². The quantitative estimate of drug-likeness (QED) is 0.844. The molecule has 2 atom stereocenters. The summed E-state index contributed by atoms with van der Waals surface area (Å²) in [4.78, 5) is 4.18. The average molecular weight is 249 g/mol. The molecule has 1 heterocycles. The zero-order valence-corrected chi connectivity index (χ0v) is 10.5. The van der Waals surface area contributed by atoms with Crippen LogP contribution in [-0.2, 0) is 0 Å². The monoisotopic (exact) mass is 249 g/mol. The zero-order valence-electron chi connectivity index (χ0n) is 10.5. The summed E-state index contributed by atoms with van der Waals surface area (Å²) in [5.74, 6) is 0.766. The normalized spacial score (nSPS) is 22.3. The van der Waals surface area contributed by atoms with Gasteiger partial charge in [-0.25, -0.2) is 4.99 Å². The maximum Gasteiger partial charge on any atom is 0.131 e. The maximum atomic E-state index is 8.09. The second-order valence-electron chi connectivity index (χ2n) is 4.70. The molecule has 0 aromatic heterocycles. The molecule has 3 N–H and O–H groups in total. The van der Waals surface area contributed by atoms with Crippen molar-refractivity contribution in [1.29, 1.82) is 5.41 Å². The van der Waals surface area contributed by atoms with E-state index in [9.17, 15) is 0 Å². The number of rotatable bonds is 2. The van der Waals surface area contributed by atoms with Crippen molar-refractivity contribution in [1.82, 2.24) is 0 Å². The van der Waals surface area contributed by atoms with Crippen LogP contribution in [-0.4, -0.2) is 11.7 Å². The zero-order chi connectivity index (χ0) is 13.2. The van der Waals surface area contributed by atoms with Crippen LogP contribution in [0.2, 0.25) is 0 Å². The van der Waals surface area contributed by atoms with Crippen molar-refractivity contribution < 1.29 is 0 Å². The fourth-order valence-corrected chi connectivity index (χ4v) is 2.64. The van der Waals surface area contributed by atoms with Crippen molar-refractivity contribution in [2.75, 3.05) is 0 Å². The molecule has 2 unspecified atom stereocenters. The predicted molar refractivity (Wildman–Crippen MR) is 77.7 cm³/mol. The highest BCUT2D eigenvalue weighted by Gasteiger charge is 2.36. The van der Waals surface area contributed by atoms with Gasteiger partial charge in [-0.2, -0.15) is 0 Å². The van der Waals surface area contributed by atoms with E-state index in [0.717, 1.165) is 11.1 Å². The first-order valence-electron chi connectivity index (χ1n) is 6.30. The van der Waals surface area contributed by atoms with Gasteiger partial charge in [0.15, 0.2) is 0 Å². The maximum absolute atomic E-state index is 8.09. The Kier molecular flexibility index (Phi) is 2.88. The molecule has 0 saturated carbocycles. The molecule has 3 heteroatoms. The summed E-state index contributed by atoms with van der Waals surface area (Å²) in [6.45, 7) is 0. The minimum atomic E-state index is -0.0800. The number of amidine groups is 2. The van der Waals surface area contributed by atoms with Crippen LogP contribution in [0.25, 0.3) is 0 Å². The Labute approximate surface area is 112 Å². The lowest BCUT2D eigenvalue weighted by Crippen LogP contribution is -2.23. The van der Waals surface area contributed by atoms with Crippen LogP contribution < -0.4 is 5.73 Å². The van der Waals surface area contributed by atoms with Crippen molar-refractivity contribution in [2.45, 2.75) is 11.8 Å². The lowest BCUT2D eigenvalue weighted by Gasteiger charge is -2.20. The molecular formula is C16H15N3.